The Hall–Kier alpha value is -0.860. The van der Waals surface area contributed by atoms with E-state index in [-0.39, 0.29) is 0 Å². The molecule has 2 aromatic rings. The highest BCUT2D eigenvalue weighted by molar-refractivity contribution is 6.35. The first-order chi connectivity index (χ1) is 9.20. The van der Waals surface area contributed by atoms with Gasteiger partial charge in [0.1, 0.15) is 11.3 Å². The van der Waals surface area contributed by atoms with Gasteiger partial charge in [0.2, 0.25) is 0 Å². The van der Waals surface area contributed by atoms with Crippen LogP contribution in [-0.4, -0.2) is 12.4 Å². The van der Waals surface area contributed by atoms with Gasteiger partial charge in [0, 0.05) is 29.8 Å². The molecule has 2 heterocycles. The van der Waals surface area contributed by atoms with Crippen LogP contribution < -0.4 is 5.32 Å². The third kappa shape index (κ3) is 2.32. The Labute approximate surface area is 123 Å². The largest absolute Gasteiger partial charge is 0.461 e. The first-order valence-corrected chi connectivity index (χ1v) is 7.64. The molecule has 0 radical (unpaired) electrons. The normalized spacial score (nSPS) is 18.4. The lowest BCUT2D eigenvalue weighted by Gasteiger charge is -2.10. The molecule has 1 unspecified atom stereocenters. The zero-order valence-electron chi connectivity index (χ0n) is 10.9. The summed E-state index contributed by atoms with van der Waals surface area (Å²) < 4.78 is 6.01. The topological polar surface area (TPSA) is 25.2 Å². The average Bonchev–Trinajstić information content (AvgIpc) is 2.62. The summed E-state index contributed by atoms with van der Waals surface area (Å²) in [5.41, 5.74) is 3.27. The smallest absolute Gasteiger partial charge is 0.136 e. The molecule has 3 rings (SSSR count). The van der Waals surface area contributed by atoms with Gasteiger partial charge in [-0.25, -0.2) is 0 Å². The fraction of sp³-hybridized carbons (Fsp3) is 0.467. The maximum Gasteiger partial charge on any atom is 0.136 e. The van der Waals surface area contributed by atoms with Crippen molar-refractivity contribution in [3.8, 4) is 0 Å². The van der Waals surface area contributed by atoms with Crippen molar-refractivity contribution >= 4 is 39.9 Å². The molecule has 0 bridgehead atoms. The van der Waals surface area contributed by atoms with E-state index in [1.807, 2.05) is 12.1 Å². The summed E-state index contributed by atoms with van der Waals surface area (Å²) in [7, 11) is 0. The molecular weight excluding hydrogens is 281 g/mol. The number of anilines is 1. The first kappa shape index (κ1) is 13.1. The van der Waals surface area contributed by atoms with E-state index in [4.69, 9.17) is 27.6 Å². The lowest BCUT2D eigenvalue weighted by atomic mass is 9.98. The molecule has 4 heteroatoms. The van der Waals surface area contributed by atoms with Crippen LogP contribution in [0.15, 0.2) is 16.5 Å². The average molecular weight is 298 g/mol. The second-order valence-corrected chi connectivity index (χ2v) is 6.07. The van der Waals surface area contributed by atoms with Gasteiger partial charge in [-0.15, -0.1) is 11.6 Å². The van der Waals surface area contributed by atoms with E-state index in [2.05, 4.69) is 12.2 Å². The van der Waals surface area contributed by atoms with Crippen molar-refractivity contribution in [2.24, 2.45) is 5.92 Å². The number of furan rings is 1. The molecule has 1 aromatic heterocycles. The lowest BCUT2D eigenvalue weighted by molar-refractivity contribution is 0.525. The fourth-order valence-corrected chi connectivity index (χ4v) is 3.15. The molecule has 0 amide bonds. The van der Waals surface area contributed by atoms with Crippen LogP contribution in [-0.2, 0) is 12.8 Å². The molecule has 1 aromatic carbocycles. The monoisotopic (exact) mass is 297 g/mol. The second kappa shape index (κ2) is 5.26. The lowest BCUT2D eigenvalue weighted by Crippen LogP contribution is -2.11. The quantitative estimate of drug-likeness (QED) is 0.818. The van der Waals surface area contributed by atoms with Gasteiger partial charge in [-0.2, -0.15) is 0 Å². The zero-order valence-corrected chi connectivity index (χ0v) is 12.4. The molecule has 0 saturated carbocycles. The van der Waals surface area contributed by atoms with Crippen LogP contribution in [0.2, 0.25) is 5.02 Å². The summed E-state index contributed by atoms with van der Waals surface area (Å²) in [4.78, 5) is 0. The van der Waals surface area contributed by atoms with Crippen molar-refractivity contribution in [1.29, 1.82) is 0 Å². The summed E-state index contributed by atoms with van der Waals surface area (Å²) in [5, 5.41) is 5.40. The number of hydrogen-bond donors (Lipinski definition) is 1. The molecule has 102 valence electrons. The molecule has 0 saturated heterocycles. The number of alkyl halides is 1. The molecule has 1 aliphatic heterocycles. The van der Waals surface area contributed by atoms with Crippen LogP contribution in [0.4, 0.5) is 5.69 Å². The Morgan fingerprint density at radius 1 is 1.42 bits per heavy atom. The summed E-state index contributed by atoms with van der Waals surface area (Å²) >= 11 is 12.1. The highest BCUT2D eigenvalue weighted by Crippen LogP contribution is 2.40. The minimum Gasteiger partial charge on any atom is -0.461 e. The van der Waals surface area contributed by atoms with E-state index < -0.39 is 0 Å². The van der Waals surface area contributed by atoms with Gasteiger partial charge in [-0.05, 0) is 30.9 Å². The van der Waals surface area contributed by atoms with Crippen molar-refractivity contribution in [3.63, 3.8) is 0 Å². The van der Waals surface area contributed by atoms with E-state index >= 15 is 0 Å². The summed E-state index contributed by atoms with van der Waals surface area (Å²) in [6.45, 7) is 3.19. The van der Waals surface area contributed by atoms with Crippen molar-refractivity contribution < 1.29 is 4.42 Å². The number of benzene rings is 1. The molecule has 19 heavy (non-hydrogen) atoms. The maximum absolute atomic E-state index is 6.32. The fourth-order valence-electron chi connectivity index (χ4n) is 2.79. The van der Waals surface area contributed by atoms with Crippen LogP contribution in [0.5, 0.6) is 0 Å². The Kier molecular flexibility index (Phi) is 3.64. The highest BCUT2D eigenvalue weighted by Gasteiger charge is 2.23. The molecule has 2 nitrogen and oxygen atoms in total. The van der Waals surface area contributed by atoms with E-state index in [1.165, 1.54) is 10.9 Å². The standard InChI is InChI=1S/C15H17Cl2NO/c1-9-7-10-12(3-2-6-16)19-13-5-4-11(17)15(14(10)13)18-8-9/h4-5,9,18H,2-3,6-8H2,1H3. The Morgan fingerprint density at radius 3 is 3.05 bits per heavy atom. The second-order valence-electron chi connectivity index (χ2n) is 5.28. The minimum atomic E-state index is 0.569. The predicted octanol–water partition coefficient (Wildman–Crippen LogP) is 4.86. The molecule has 0 aliphatic carbocycles. The number of rotatable bonds is 3. The number of halogens is 2. The van der Waals surface area contributed by atoms with Crippen molar-refractivity contribution in [2.75, 3.05) is 17.7 Å². The summed E-state index contributed by atoms with van der Waals surface area (Å²) in [6.07, 6.45) is 2.88. The minimum absolute atomic E-state index is 0.569. The molecule has 1 N–H and O–H groups in total. The van der Waals surface area contributed by atoms with Crippen LogP contribution in [0, 0.1) is 5.92 Å². The van der Waals surface area contributed by atoms with Crippen molar-refractivity contribution in [3.05, 3.63) is 28.5 Å². The zero-order chi connectivity index (χ0) is 13.4. The van der Waals surface area contributed by atoms with Gasteiger partial charge in [0.15, 0.2) is 0 Å². The van der Waals surface area contributed by atoms with Crippen molar-refractivity contribution in [2.45, 2.75) is 26.2 Å². The van der Waals surface area contributed by atoms with Crippen LogP contribution in [0.25, 0.3) is 11.0 Å². The van der Waals surface area contributed by atoms with Gasteiger partial charge >= 0.3 is 0 Å². The SMILES string of the molecule is CC1CNc2c(Cl)ccc3oc(CCCCl)c(c23)C1. The third-order valence-corrected chi connectivity index (χ3v) is 4.29. The van der Waals surface area contributed by atoms with E-state index in [0.717, 1.165) is 47.9 Å². The van der Waals surface area contributed by atoms with Crippen molar-refractivity contribution in [1.82, 2.24) is 0 Å². The third-order valence-electron chi connectivity index (χ3n) is 3.71. The predicted molar refractivity (Wildman–Crippen MR) is 81.6 cm³/mol. The Balaban J connectivity index is 2.18. The van der Waals surface area contributed by atoms with E-state index in [1.54, 1.807) is 0 Å². The van der Waals surface area contributed by atoms with E-state index in [9.17, 15) is 0 Å². The van der Waals surface area contributed by atoms with Gasteiger partial charge in [-0.3, -0.25) is 0 Å². The van der Waals surface area contributed by atoms with Crippen LogP contribution in [0.3, 0.4) is 0 Å². The van der Waals surface area contributed by atoms with Crippen LogP contribution in [0.1, 0.15) is 24.7 Å². The Morgan fingerprint density at radius 2 is 2.26 bits per heavy atom. The molecule has 0 fully saturated rings. The number of nitrogens with one attached hydrogen (secondary N) is 1. The summed E-state index contributed by atoms with van der Waals surface area (Å²) in [6, 6.07) is 3.87. The molecule has 0 spiro atoms. The van der Waals surface area contributed by atoms with Gasteiger partial charge in [0.25, 0.3) is 0 Å². The number of hydrogen-bond acceptors (Lipinski definition) is 2. The van der Waals surface area contributed by atoms with E-state index in [0.29, 0.717) is 11.8 Å². The maximum atomic E-state index is 6.32. The Bertz CT molecular complexity index is 606. The summed E-state index contributed by atoms with van der Waals surface area (Å²) in [5.74, 6) is 2.31. The first-order valence-electron chi connectivity index (χ1n) is 6.73. The molecule has 1 aliphatic rings. The molecule has 1 atom stereocenters. The van der Waals surface area contributed by atoms with Crippen LogP contribution >= 0.6 is 23.2 Å². The molecular formula is C15H17Cl2NO. The highest BCUT2D eigenvalue weighted by atomic mass is 35.5. The number of aryl methyl sites for hydroxylation is 1. The van der Waals surface area contributed by atoms with Gasteiger partial charge in [0.05, 0.1) is 10.7 Å². The van der Waals surface area contributed by atoms with Gasteiger partial charge in [-0.1, -0.05) is 18.5 Å². The van der Waals surface area contributed by atoms with Gasteiger partial charge < -0.3 is 9.73 Å².